The molecule has 1 aliphatic rings. The molecular weight excluding hydrogens is 362 g/mol. The lowest BCUT2D eigenvalue weighted by Gasteiger charge is -2.39. The second-order valence-electron chi connectivity index (χ2n) is 6.24. The Balaban J connectivity index is 2.10. The summed E-state index contributed by atoms with van der Waals surface area (Å²) in [5.74, 6) is -0.859. The Morgan fingerprint density at radius 1 is 1.43 bits per heavy atom. The van der Waals surface area contributed by atoms with Gasteiger partial charge in [0.2, 0.25) is 5.91 Å². The van der Waals surface area contributed by atoms with Crippen molar-refractivity contribution in [3.05, 3.63) is 28.2 Å². The van der Waals surface area contributed by atoms with Gasteiger partial charge in [-0.2, -0.15) is 0 Å². The lowest BCUT2D eigenvalue weighted by molar-refractivity contribution is -0.146. The predicted octanol–water partition coefficient (Wildman–Crippen LogP) is 3.15. The number of hydrogen-bond acceptors (Lipinski definition) is 3. The molecular formula is C17H22BrNO4. The van der Waals surface area contributed by atoms with Crippen molar-refractivity contribution in [1.29, 1.82) is 0 Å². The fourth-order valence-electron chi connectivity index (χ4n) is 3.23. The lowest BCUT2D eigenvalue weighted by Crippen LogP contribution is -2.55. The Kier molecular flexibility index (Phi) is 5.68. The minimum absolute atomic E-state index is 0.172. The van der Waals surface area contributed by atoms with Gasteiger partial charge in [0.15, 0.2) is 0 Å². The molecule has 126 valence electrons. The topological polar surface area (TPSA) is 75.6 Å². The summed E-state index contributed by atoms with van der Waals surface area (Å²) in [5, 5.41) is 12.4. The number of carboxylic acid groups (broad SMARTS) is 1. The number of carboxylic acids is 1. The number of rotatable bonds is 5. The van der Waals surface area contributed by atoms with Gasteiger partial charge < -0.3 is 15.2 Å². The van der Waals surface area contributed by atoms with Crippen LogP contribution in [0.25, 0.3) is 0 Å². The number of benzene rings is 1. The number of hydrogen-bond donors (Lipinski definition) is 2. The largest absolute Gasteiger partial charge is 0.497 e. The molecule has 1 fully saturated rings. The van der Waals surface area contributed by atoms with Crippen LogP contribution >= 0.6 is 15.9 Å². The summed E-state index contributed by atoms with van der Waals surface area (Å²) in [7, 11) is 1.58. The van der Waals surface area contributed by atoms with Crippen molar-refractivity contribution in [2.24, 2.45) is 5.92 Å². The van der Waals surface area contributed by atoms with Crippen LogP contribution in [0.2, 0.25) is 0 Å². The monoisotopic (exact) mass is 383 g/mol. The molecule has 0 heterocycles. The zero-order valence-corrected chi connectivity index (χ0v) is 15.0. The third-order valence-corrected chi connectivity index (χ3v) is 5.31. The molecule has 1 aliphatic carbocycles. The Labute approximate surface area is 144 Å². The molecule has 2 N–H and O–H groups in total. The number of carbonyl (C=O) groups excluding carboxylic acids is 1. The van der Waals surface area contributed by atoms with Crippen LogP contribution in [0.15, 0.2) is 22.7 Å². The number of aliphatic carboxylic acids is 1. The summed E-state index contributed by atoms with van der Waals surface area (Å²) in [4.78, 5) is 23.9. The Morgan fingerprint density at radius 2 is 2.17 bits per heavy atom. The van der Waals surface area contributed by atoms with Crippen molar-refractivity contribution in [1.82, 2.24) is 5.32 Å². The zero-order chi connectivity index (χ0) is 17.0. The van der Waals surface area contributed by atoms with Gasteiger partial charge in [0.25, 0.3) is 0 Å². The van der Waals surface area contributed by atoms with E-state index in [-0.39, 0.29) is 12.3 Å². The number of methoxy groups -OCH3 is 1. The maximum Gasteiger partial charge on any atom is 0.308 e. The van der Waals surface area contributed by atoms with E-state index < -0.39 is 17.4 Å². The molecule has 23 heavy (non-hydrogen) atoms. The van der Waals surface area contributed by atoms with Crippen molar-refractivity contribution in [3.63, 3.8) is 0 Å². The minimum atomic E-state index is -0.838. The maximum atomic E-state index is 12.4. The van der Waals surface area contributed by atoms with E-state index in [1.54, 1.807) is 7.11 Å². The molecule has 1 aromatic carbocycles. The number of amides is 1. The van der Waals surface area contributed by atoms with Gasteiger partial charge in [-0.25, -0.2) is 0 Å². The van der Waals surface area contributed by atoms with E-state index in [0.717, 1.165) is 22.9 Å². The Bertz CT molecular complexity index is 604. The van der Waals surface area contributed by atoms with Crippen LogP contribution in [-0.2, 0) is 16.0 Å². The second kappa shape index (κ2) is 7.34. The number of halogens is 1. The van der Waals surface area contributed by atoms with Crippen LogP contribution in [-0.4, -0.2) is 29.6 Å². The lowest BCUT2D eigenvalue weighted by atomic mass is 9.74. The second-order valence-corrected chi connectivity index (χ2v) is 7.09. The highest BCUT2D eigenvalue weighted by atomic mass is 79.9. The van der Waals surface area contributed by atoms with Gasteiger partial charge in [-0.1, -0.05) is 28.8 Å². The first-order valence-corrected chi connectivity index (χ1v) is 8.51. The standard InChI is InChI=1S/C17H22BrNO4/c1-17(8-4-3-5-13(17)16(21)22)19-15(20)10-11-9-12(23-2)6-7-14(11)18/h6-7,9,13H,3-5,8,10H2,1-2H3,(H,19,20)(H,21,22). The average Bonchev–Trinajstić information content (AvgIpc) is 2.49. The maximum absolute atomic E-state index is 12.4. The number of carbonyl (C=O) groups is 2. The molecule has 0 saturated heterocycles. The SMILES string of the molecule is COc1ccc(Br)c(CC(=O)NC2(C)CCCCC2C(=O)O)c1. The molecule has 1 saturated carbocycles. The summed E-state index contributed by atoms with van der Waals surface area (Å²) >= 11 is 3.43. The van der Waals surface area contributed by atoms with Gasteiger partial charge >= 0.3 is 5.97 Å². The van der Waals surface area contributed by atoms with Gasteiger partial charge in [0, 0.05) is 4.47 Å². The molecule has 0 spiro atoms. The molecule has 1 aromatic rings. The number of nitrogens with one attached hydrogen (secondary N) is 1. The van der Waals surface area contributed by atoms with Crippen molar-refractivity contribution < 1.29 is 19.4 Å². The molecule has 2 rings (SSSR count). The quantitative estimate of drug-likeness (QED) is 0.818. The predicted molar refractivity (Wildman–Crippen MR) is 90.5 cm³/mol. The summed E-state index contributed by atoms with van der Waals surface area (Å²) in [6, 6.07) is 5.46. The van der Waals surface area contributed by atoms with Crippen LogP contribution in [0.1, 0.15) is 38.2 Å². The Hall–Kier alpha value is -1.56. The highest BCUT2D eigenvalue weighted by Gasteiger charge is 2.42. The van der Waals surface area contributed by atoms with Crippen LogP contribution < -0.4 is 10.1 Å². The highest BCUT2D eigenvalue weighted by molar-refractivity contribution is 9.10. The molecule has 2 unspecified atom stereocenters. The Morgan fingerprint density at radius 3 is 2.83 bits per heavy atom. The van der Waals surface area contributed by atoms with E-state index in [1.807, 2.05) is 25.1 Å². The van der Waals surface area contributed by atoms with Gasteiger partial charge in [-0.05, 0) is 43.5 Å². The molecule has 2 atom stereocenters. The molecule has 0 bridgehead atoms. The molecule has 0 aliphatic heterocycles. The third-order valence-electron chi connectivity index (χ3n) is 4.53. The number of ether oxygens (including phenoxy) is 1. The molecule has 0 radical (unpaired) electrons. The fourth-order valence-corrected chi connectivity index (χ4v) is 3.62. The van der Waals surface area contributed by atoms with E-state index in [2.05, 4.69) is 21.2 Å². The van der Waals surface area contributed by atoms with E-state index >= 15 is 0 Å². The normalized spacial score (nSPS) is 24.0. The van der Waals surface area contributed by atoms with Crippen LogP contribution in [0.4, 0.5) is 0 Å². The fraction of sp³-hybridized carbons (Fsp3) is 0.529. The van der Waals surface area contributed by atoms with Crippen molar-refractivity contribution >= 4 is 27.8 Å². The third kappa shape index (κ3) is 4.25. The van der Waals surface area contributed by atoms with Crippen molar-refractivity contribution in [2.45, 2.75) is 44.6 Å². The van der Waals surface area contributed by atoms with Crippen molar-refractivity contribution in [3.8, 4) is 5.75 Å². The first kappa shape index (κ1) is 17.8. The van der Waals surface area contributed by atoms with Crippen molar-refractivity contribution in [2.75, 3.05) is 7.11 Å². The first-order valence-electron chi connectivity index (χ1n) is 7.72. The van der Waals surface area contributed by atoms with Crippen LogP contribution in [0.5, 0.6) is 5.75 Å². The molecule has 0 aromatic heterocycles. The molecule has 1 amide bonds. The summed E-state index contributed by atoms with van der Waals surface area (Å²) in [6.07, 6.45) is 3.30. The van der Waals surface area contributed by atoms with Crippen LogP contribution in [0.3, 0.4) is 0 Å². The summed E-state index contributed by atoms with van der Waals surface area (Å²) in [5.41, 5.74) is 0.125. The van der Waals surface area contributed by atoms with E-state index in [1.165, 1.54) is 0 Å². The summed E-state index contributed by atoms with van der Waals surface area (Å²) in [6.45, 7) is 1.84. The van der Waals surface area contributed by atoms with Gasteiger partial charge in [-0.15, -0.1) is 0 Å². The smallest absolute Gasteiger partial charge is 0.308 e. The van der Waals surface area contributed by atoms with E-state index in [4.69, 9.17) is 4.74 Å². The molecule has 6 heteroatoms. The van der Waals surface area contributed by atoms with E-state index in [0.29, 0.717) is 18.6 Å². The van der Waals surface area contributed by atoms with Crippen LogP contribution in [0, 0.1) is 5.92 Å². The highest BCUT2D eigenvalue weighted by Crippen LogP contribution is 2.34. The van der Waals surface area contributed by atoms with Gasteiger partial charge in [0.05, 0.1) is 25.0 Å². The minimum Gasteiger partial charge on any atom is -0.497 e. The molecule has 5 nitrogen and oxygen atoms in total. The first-order chi connectivity index (χ1) is 10.9. The average molecular weight is 384 g/mol. The summed E-state index contributed by atoms with van der Waals surface area (Å²) < 4.78 is 6.01. The van der Waals surface area contributed by atoms with E-state index in [9.17, 15) is 14.7 Å². The zero-order valence-electron chi connectivity index (χ0n) is 13.4. The van der Waals surface area contributed by atoms with Gasteiger partial charge in [-0.3, -0.25) is 9.59 Å². The van der Waals surface area contributed by atoms with Gasteiger partial charge in [0.1, 0.15) is 5.75 Å².